The van der Waals surface area contributed by atoms with Gasteiger partial charge in [-0.2, -0.15) is 0 Å². The van der Waals surface area contributed by atoms with E-state index in [1.807, 2.05) is 11.1 Å². The zero-order valence-electron chi connectivity index (χ0n) is 11.6. The molecule has 1 saturated heterocycles. The monoisotopic (exact) mass is 265 g/mol. The molecular weight excluding hydrogens is 242 g/mol. The number of hydrogen-bond donors (Lipinski definition) is 1. The average molecular weight is 265 g/mol. The van der Waals surface area contributed by atoms with Gasteiger partial charge in [-0.15, -0.1) is 5.10 Å². The zero-order chi connectivity index (χ0) is 13.5. The topological polar surface area (TPSA) is 63.1 Å². The number of aromatic nitrogens is 3. The summed E-state index contributed by atoms with van der Waals surface area (Å²) in [7, 11) is 0. The van der Waals surface area contributed by atoms with Crippen LogP contribution in [0.3, 0.4) is 0 Å². The van der Waals surface area contributed by atoms with E-state index in [0.29, 0.717) is 13.1 Å². The molecule has 0 bridgehead atoms. The lowest BCUT2D eigenvalue weighted by molar-refractivity contribution is -0.132. The van der Waals surface area contributed by atoms with Crippen molar-refractivity contribution in [3.63, 3.8) is 0 Å². The Morgan fingerprint density at radius 1 is 1.37 bits per heavy atom. The molecule has 19 heavy (non-hydrogen) atoms. The summed E-state index contributed by atoms with van der Waals surface area (Å²) in [5.41, 5.74) is 0.889. The number of nitrogens with zero attached hydrogens (tertiary/aromatic N) is 4. The molecule has 6 heteroatoms. The van der Waals surface area contributed by atoms with Crippen LogP contribution in [-0.4, -0.2) is 45.4 Å². The molecule has 1 aromatic heterocycles. The van der Waals surface area contributed by atoms with Crippen molar-refractivity contribution in [3.8, 4) is 0 Å². The van der Waals surface area contributed by atoms with Crippen LogP contribution in [0.5, 0.6) is 0 Å². The number of nitrogens with one attached hydrogen (secondary N) is 1. The van der Waals surface area contributed by atoms with E-state index in [1.54, 1.807) is 4.68 Å². The van der Waals surface area contributed by atoms with Crippen LogP contribution >= 0.6 is 0 Å². The lowest BCUT2D eigenvalue weighted by Gasteiger charge is -2.26. The highest BCUT2D eigenvalue weighted by molar-refractivity contribution is 5.75. The fraction of sp³-hybridized carbons (Fsp3) is 0.769. The first kappa shape index (κ1) is 14.0. The predicted molar refractivity (Wildman–Crippen MR) is 72.5 cm³/mol. The molecule has 0 spiro atoms. The third-order valence-electron chi connectivity index (χ3n) is 3.33. The van der Waals surface area contributed by atoms with Crippen molar-refractivity contribution in [1.82, 2.24) is 25.2 Å². The maximum Gasteiger partial charge on any atom is 0.244 e. The van der Waals surface area contributed by atoms with Crippen LogP contribution in [-0.2, 0) is 17.9 Å². The molecule has 1 aromatic rings. The molecule has 0 aliphatic carbocycles. The van der Waals surface area contributed by atoms with Crippen molar-refractivity contribution in [1.29, 1.82) is 0 Å². The number of likely N-dealkylation sites (tertiary alicyclic amines) is 1. The lowest BCUT2D eigenvalue weighted by atomic mass is 10.1. The molecule has 1 aliphatic heterocycles. The molecule has 2 heterocycles. The van der Waals surface area contributed by atoms with E-state index in [0.717, 1.165) is 44.6 Å². The van der Waals surface area contributed by atoms with Gasteiger partial charge in [0.1, 0.15) is 6.54 Å². The molecule has 106 valence electrons. The predicted octanol–water partition coefficient (Wildman–Crippen LogP) is 0.790. The summed E-state index contributed by atoms with van der Waals surface area (Å²) in [4.78, 5) is 14.0. The smallest absolute Gasteiger partial charge is 0.244 e. The summed E-state index contributed by atoms with van der Waals surface area (Å²) in [6, 6.07) is 0. The third kappa shape index (κ3) is 4.31. The van der Waals surface area contributed by atoms with Gasteiger partial charge in [-0.1, -0.05) is 12.1 Å². The summed E-state index contributed by atoms with van der Waals surface area (Å²) < 4.78 is 1.64. The molecule has 1 aliphatic rings. The van der Waals surface area contributed by atoms with Gasteiger partial charge in [0.2, 0.25) is 5.91 Å². The van der Waals surface area contributed by atoms with Gasteiger partial charge in [-0.3, -0.25) is 4.79 Å². The van der Waals surface area contributed by atoms with Gasteiger partial charge in [0.25, 0.3) is 0 Å². The summed E-state index contributed by atoms with van der Waals surface area (Å²) in [5.74, 6) is 0.151. The quantitative estimate of drug-likeness (QED) is 0.772. The Labute approximate surface area is 114 Å². The van der Waals surface area contributed by atoms with Crippen molar-refractivity contribution in [3.05, 3.63) is 11.9 Å². The van der Waals surface area contributed by atoms with E-state index in [2.05, 4.69) is 22.6 Å². The van der Waals surface area contributed by atoms with Crippen molar-refractivity contribution >= 4 is 5.91 Å². The standard InChI is InChI=1S/C13H23N5O/c1-2-6-14-9-12-10-18(16-15-12)11-13(19)17-7-4-3-5-8-17/h10,14H,2-9,11H2,1H3. The average Bonchev–Trinajstić information content (AvgIpc) is 2.88. The van der Waals surface area contributed by atoms with Gasteiger partial charge < -0.3 is 10.2 Å². The van der Waals surface area contributed by atoms with Crippen molar-refractivity contribution in [2.45, 2.75) is 45.7 Å². The molecule has 1 fully saturated rings. The molecule has 0 radical (unpaired) electrons. The summed E-state index contributed by atoms with van der Waals surface area (Å²) in [5, 5.41) is 11.3. The summed E-state index contributed by atoms with van der Waals surface area (Å²) >= 11 is 0. The van der Waals surface area contributed by atoms with E-state index >= 15 is 0 Å². The highest BCUT2D eigenvalue weighted by Gasteiger charge is 2.17. The van der Waals surface area contributed by atoms with E-state index in [-0.39, 0.29) is 5.91 Å². The third-order valence-corrected chi connectivity index (χ3v) is 3.33. The Morgan fingerprint density at radius 2 is 2.16 bits per heavy atom. The molecule has 0 unspecified atom stereocenters. The minimum absolute atomic E-state index is 0.151. The molecule has 1 N–H and O–H groups in total. The van der Waals surface area contributed by atoms with Crippen molar-refractivity contribution < 1.29 is 4.79 Å². The van der Waals surface area contributed by atoms with E-state index < -0.39 is 0 Å². The molecular formula is C13H23N5O. The Balaban J connectivity index is 1.80. The molecule has 0 aromatic carbocycles. The van der Waals surface area contributed by atoms with Crippen LogP contribution in [0.1, 0.15) is 38.3 Å². The second kappa shape index (κ2) is 7.23. The van der Waals surface area contributed by atoms with Crippen LogP contribution in [0.25, 0.3) is 0 Å². The Hall–Kier alpha value is -1.43. The second-order valence-electron chi connectivity index (χ2n) is 5.03. The van der Waals surface area contributed by atoms with Crippen LogP contribution in [0.4, 0.5) is 0 Å². The van der Waals surface area contributed by atoms with Gasteiger partial charge in [-0.25, -0.2) is 4.68 Å². The Morgan fingerprint density at radius 3 is 2.89 bits per heavy atom. The molecule has 6 nitrogen and oxygen atoms in total. The SMILES string of the molecule is CCCNCc1cn(CC(=O)N2CCCCC2)nn1. The van der Waals surface area contributed by atoms with Crippen molar-refractivity contribution in [2.75, 3.05) is 19.6 Å². The second-order valence-corrected chi connectivity index (χ2v) is 5.03. The van der Waals surface area contributed by atoms with Gasteiger partial charge >= 0.3 is 0 Å². The molecule has 0 atom stereocenters. The van der Waals surface area contributed by atoms with Gasteiger partial charge in [0.15, 0.2) is 0 Å². The number of rotatable bonds is 6. The maximum absolute atomic E-state index is 12.1. The fourth-order valence-corrected chi connectivity index (χ4v) is 2.27. The van der Waals surface area contributed by atoms with Crippen LogP contribution in [0.15, 0.2) is 6.20 Å². The normalized spacial score (nSPS) is 15.7. The minimum Gasteiger partial charge on any atom is -0.341 e. The summed E-state index contributed by atoms with van der Waals surface area (Å²) in [6.45, 7) is 5.89. The Kier molecular flexibility index (Phi) is 5.32. The van der Waals surface area contributed by atoms with Crippen LogP contribution in [0.2, 0.25) is 0 Å². The van der Waals surface area contributed by atoms with Gasteiger partial charge in [-0.05, 0) is 32.2 Å². The number of piperidine rings is 1. The minimum atomic E-state index is 0.151. The van der Waals surface area contributed by atoms with Gasteiger partial charge in [0, 0.05) is 19.6 Å². The number of amides is 1. The number of carbonyl (C=O) groups is 1. The maximum atomic E-state index is 12.1. The first-order valence-corrected chi connectivity index (χ1v) is 7.17. The Bertz CT molecular complexity index is 397. The first-order valence-electron chi connectivity index (χ1n) is 7.17. The highest BCUT2D eigenvalue weighted by atomic mass is 16.2. The summed E-state index contributed by atoms with van der Waals surface area (Å²) in [6.07, 6.45) is 6.43. The zero-order valence-corrected chi connectivity index (χ0v) is 11.6. The van der Waals surface area contributed by atoms with Crippen molar-refractivity contribution in [2.24, 2.45) is 0 Å². The largest absolute Gasteiger partial charge is 0.341 e. The first-order chi connectivity index (χ1) is 9.29. The highest BCUT2D eigenvalue weighted by Crippen LogP contribution is 2.09. The number of hydrogen-bond acceptors (Lipinski definition) is 4. The molecule has 1 amide bonds. The van der Waals surface area contributed by atoms with Crippen LogP contribution in [0, 0.1) is 0 Å². The molecule has 2 rings (SSSR count). The lowest BCUT2D eigenvalue weighted by Crippen LogP contribution is -2.37. The van der Waals surface area contributed by atoms with Gasteiger partial charge in [0.05, 0.1) is 11.9 Å². The van der Waals surface area contributed by atoms with E-state index in [4.69, 9.17) is 0 Å². The molecule has 0 saturated carbocycles. The van der Waals surface area contributed by atoms with E-state index in [9.17, 15) is 4.79 Å². The number of carbonyl (C=O) groups excluding carboxylic acids is 1. The fourth-order valence-electron chi connectivity index (χ4n) is 2.27. The van der Waals surface area contributed by atoms with E-state index in [1.165, 1.54) is 6.42 Å². The van der Waals surface area contributed by atoms with Crippen LogP contribution < -0.4 is 5.32 Å².